The van der Waals surface area contributed by atoms with Crippen molar-refractivity contribution in [3.05, 3.63) is 42.0 Å². The molecule has 0 aromatic heterocycles. The molecule has 2 nitrogen and oxygen atoms in total. The molecule has 0 saturated heterocycles. The first kappa shape index (κ1) is 13.7. The predicted octanol–water partition coefficient (Wildman–Crippen LogP) is 3.94. The van der Waals surface area contributed by atoms with Gasteiger partial charge in [0.05, 0.1) is 0 Å². The van der Waals surface area contributed by atoms with Gasteiger partial charge in [0.1, 0.15) is 5.75 Å². The highest BCUT2D eigenvalue weighted by atomic mass is 19.3. The van der Waals surface area contributed by atoms with Crippen LogP contribution in [0.25, 0.3) is 10.8 Å². The molecular weight excluding hydrogens is 248 g/mol. The van der Waals surface area contributed by atoms with E-state index >= 15 is 0 Å². The van der Waals surface area contributed by atoms with Crippen molar-refractivity contribution in [3.8, 4) is 5.75 Å². The van der Waals surface area contributed by atoms with Gasteiger partial charge < -0.3 is 10.1 Å². The fourth-order valence-electron chi connectivity index (χ4n) is 2.01. The molecule has 0 fully saturated rings. The summed E-state index contributed by atoms with van der Waals surface area (Å²) >= 11 is 0. The number of hydrogen-bond acceptors (Lipinski definition) is 2. The molecule has 0 saturated carbocycles. The van der Waals surface area contributed by atoms with Gasteiger partial charge in [0.2, 0.25) is 0 Å². The van der Waals surface area contributed by atoms with Gasteiger partial charge in [0.25, 0.3) is 0 Å². The van der Waals surface area contributed by atoms with Crippen LogP contribution in [0.5, 0.6) is 5.75 Å². The number of nitrogens with one attached hydrogen (secondary N) is 1. The number of rotatable bonds is 5. The Labute approximate surface area is 111 Å². The lowest BCUT2D eigenvalue weighted by Gasteiger charge is -2.15. The molecule has 0 unspecified atom stereocenters. The van der Waals surface area contributed by atoms with Crippen molar-refractivity contribution in [2.45, 2.75) is 33.0 Å². The Hall–Kier alpha value is -1.68. The smallest absolute Gasteiger partial charge is 0.387 e. The lowest BCUT2D eigenvalue weighted by molar-refractivity contribution is -0.0503. The van der Waals surface area contributed by atoms with E-state index in [0.717, 1.165) is 16.3 Å². The molecule has 2 aromatic rings. The molecule has 19 heavy (non-hydrogen) atoms. The van der Waals surface area contributed by atoms with E-state index in [-0.39, 0.29) is 11.8 Å². The second kappa shape index (κ2) is 5.97. The van der Waals surface area contributed by atoms with Crippen molar-refractivity contribution >= 4 is 10.8 Å². The second-order valence-electron chi connectivity index (χ2n) is 4.68. The molecule has 0 aliphatic rings. The summed E-state index contributed by atoms with van der Waals surface area (Å²) in [6.45, 7) is 1.72. The van der Waals surface area contributed by atoms with E-state index in [4.69, 9.17) is 0 Å². The van der Waals surface area contributed by atoms with Crippen LogP contribution in [0, 0.1) is 0 Å². The van der Waals surface area contributed by atoms with Gasteiger partial charge in [-0.2, -0.15) is 8.78 Å². The van der Waals surface area contributed by atoms with Crippen molar-refractivity contribution in [3.63, 3.8) is 0 Å². The highest BCUT2D eigenvalue weighted by molar-refractivity contribution is 5.87. The SMILES string of the molecule is CC(C)NCc1c(OC(F)F)ccc2ccccc12. The number of fused-ring (bicyclic) bond motifs is 1. The molecule has 2 rings (SSSR count). The topological polar surface area (TPSA) is 21.3 Å². The number of halogens is 2. The molecule has 0 amide bonds. The summed E-state index contributed by atoms with van der Waals surface area (Å²) in [5.74, 6) is 0.238. The van der Waals surface area contributed by atoms with Crippen molar-refractivity contribution < 1.29 is 13.5 Å². The Kier molecular flexibility index (Phi) is 4.32. The van der Waals surface area contributed by atoms with Crippen LogP contribution in [-0.4, -0.2) is 12.7 Å². The lowest BCUT2D eigenvalue weighted by atomic mass is 10.0. The van der Waals surface area contributed by atoms with E-state index in [2.05, 4.69) is 10.1 Å². The van der Waals surface area contributed by atoms with E-state index in [0.29, 0.717) is 6.54 Å². The fourth-order valence-corrected chi connectivity index (χ4v) is 2.01. The molecule has 102 valence electrons. The fraction of sp³-hybridized carbons (Fsp3) is 0.333. The van der Waals surface area contributed by atoms with Gasteiger partial charge in [-0.15, -0.1) is 0 Å². The predicted molar refractivity (Wildman–Crippen MR) is 72.6 cm³/mol. The zero-order chi connectivity index (χ0) is 13.8. The molecule has 0 aliphatic heterocycles. The summed E-state index contributed by atoms with van der Waals surface area (Å²) < 4.78 is 29.5. The zero-order valence-electron chi connectivity index (χ0n) is 11.0. The quantitative estimate of drug-likeness (QED) is 0.884. The van der Waals surface area contributed by atoms with E-state index in [1.165, 1.54) is 0 Å². The Balaban J connectivity index is 2.44. The van der Waals surface area contributed by atoms with Crippen LogP contribution in [0.1, 0.15) is 19.4 Å². The van der Waals surface area contributed by atoms with Crippen molar-refractivity contribution in [2.24, 2.45) is 0 Å². The zero-order valence-corrected chi connectivity index (χ0v) is 11.0. The van der Waals surface area contributed by atoms with Crippen molar-refractivity contribution in [1.29, 1.82) is 0 Å². The maximum atomic E-state index is 12.5. The monoisotopic (exact) mass is 265 g/mol. The molecule has 0 heterocycles. The summed E-state index contributed by atoms with van der Waals surface area (Å²) in [4.78, 5) is 0. The molecule has 2 aromatic carbocycles. The normalized spacial score (nSPS) is 11.5. The average Bonchev–Trinajstić information content (AvgIpc) is 2.36. The maximum absolute atomic E-state index is 12.5. The Bertz CT molecular complexity index is 555. The minimum Gasteiger partial charge on any atom is -0.434 e. The first-order valence-electron chi connectivity index (χ1n) is 6.26. The average molecular weight is 265 g/mol. The van der Waals surface area contributed by atoms with Gasteiger partial charge in [-0.25, -0.2) is 0 Å². The molecule has 0 aliphatic carbocycles. The van der Waals surface area contributed by atoms with Crippen LogP contribution in [0.15, 0.2) is 36.4 Å². The Morgan fingerprint density at radius 1 is 1.11 bits per heavy atom. The third-order valence-electron chi connectivity index (χ3n) is 2.90. The van der Waals surface area contributed by atoms with Gasteiger partial charge in [-0.1, -0.05) is 44.2 Å². The largest absolute Gasteiger partial charge is 0.434 e. The minimum atomic E-state index is -2.81. The van der Waals surface area contributed by atoms with Crippen LogP contribution in [0.4, 0.5) is 8.78 Å². The highest BCUT2D eigenvalue weighted by Crippen LogP contribution is 2.29. The molecule has 0 spiro atoms. The maximum Gasteiger partial charge on any atom is 0.387 e. The standard InChI is InChI=1S/C15H17F2NO/c1-10(2)18-9-13-12-6-4-3-5-11(12)7-8-14(13)19-15(16)17/h3-8,10,15,18H,9H2,1-2H3. The highest BCUT2D eigenvalue weighted by Gasteiger charge is 2.12. The Morgan fingerprint density at radius 3 is 2.53 bits per heavy atom. The molecule has 0 bridgehead atoms. The Morgan fingerprint density at radius 2 is 1.84 bits per heavy atom. The molecule has 0 radical (unpaired) electrons. The lowest BCUT2D eigenvalue weighted by Crippen LogP contribution is -2.22. The molecule has 0 atom stereocenters. The molecule has 1 N–H and O–H groups in total. The third kappa shape index (κ3) is 3.41. The first-order valence-corrected chi connectivity index (χ1v) is 6.26. The van der Waals surface area contributed by atoms with E-state index in [9.17, 15) is 8.78 Å². The van der Waals surface area contributed by atoms with E-state index < -0.39 is 6.61 Å². The summed E-state index contributed by atoms with van der Waals surface area (Å²) in [7, 11) is 0. The molecule has 4 heteroatoms. The second-order valence-corrected chi connectivity index (χ2v) is 4.68. The summed E-state index contributed by atoms with van der Waals surface area (Å²) in [6, 6.07) is 11.4. The van der Waals surface area contributed by atoms with E-state index in [1.54, 1.807) is 12.1 Å². The molecular formula is C15H17F2NO. The van der Waals surface area contributed by atoms with Crippen LogP contribution in [-0.2, 0) is 6.54 Å². The number of alkyl halides is 2. The first-order chi connectivity index (χ1) is 9.08. The summed E-state index contributed by atoms with van der Waals surface area (Å²) in [6.07, 6.45) is 0. The van der Waals surface area contributed by atoms with Gasteiger partial charge in [-0.3, -0.25) is 0 Å². The third-order valence-corrected chi connectivity index (χ3v) is 2.90. The van der Waals surface area contributed by atoms with Crippen LogP contribution < -0.4 is 10.1 Å². The summed E-state index contributed by atoms with van der Waals surface area (Å²) in [5, 5.41) is 5.20. The summed E-state index contributed by atoms with van der Waals surface area (Å²) in [5.41, 5.74) is 0.770. The number of hydrogen-bond donors (Lipinski definition) is 1. The number of ether oxygens (including phenoxy) is 1. The van der Waals surface area contributed by atoms with Gasteiger partial charge >= 0.3 is 6.61 Å². The van der Waals surface area contributed by atoms with Gasteiger partial charge in [0, 0.05) is 18.2 Å². The van der Waals surface area contributed by atoms with Crippen LogP contribution in [0.3, 0.4) is 0 Å². The van der Waals surface area contributed by atoms with Crippen molar-refractivity contribution in [2.75, 3.05) is 0 Å². The van der Waals surface area contributed by atoms with Crippen LogP contribution >= 0.6 is 0 Å². The van der Waals surface area contributed by atoms with E-state index in [1.807, 2.05) is 38.1 Å². The van der Waals surface area contributed by atoms with Gasteiger partial charge in [-0.05, 0) is 16.8 Å². The van der Waals surface area contributed by atoms with Crippen molar-refractivity contribution in [1.82, 2.24) is 5.32 Å². The minimum absolute atomic E-state index is 0.238. The van der Waals surface area contributed by atoms with Gasteiger partial charge in [0.15, 0.2) is 0 Å². The van der Waals surface area contributed by atoms with Crippen LogP contribution in [0.2, 0.25) is 0 Å². The number of benzene rings is 2.